The largest absolute Gasteiger partial charge is 0.496 e. The Hall–Kier alpha value is -2.32. The third-order valence-corrected chi connectivity index (χ3v) is 8.47. The first kappa shape index (κ1) is 26.3. The summed E-state index contributed by atoms with van der Waals surface area (Å²) in [6, 6.07) is 13.5. The van der Waals surface area contributed by atoms with E-state index >= 15 is 0 Å². The molecule has 34 heavy (non-hydrogen) atoms. The van der Waals surface area contributed by atoms with Gasteiger partial charge in [-0.15, -0.1) is 0 Å². The number of carbonyl (C=O) groups is 1. The van der Waals surface area contributed by atoms with Crippen LogP contribution in [0.3, 0.4) is 0 Å². The van der Waals surface area contributed by atoms with Gasteiger partial charge in [0, 0.05) is 22.7 Å². The molecule has 1 aliphatic rings. The standard InChI is InChI=1S/C27H37NO5S/c1-5-8-16-27(6-2)19-34(30,31)24-17-21(14-15-25(29)33-7-3)23(32-4)18-22(24)26(28-27)20-12-10-9-11-13-20/h9-15,17-18,26,28,30-31H,5-8,16,19H2,1-4H3/t26-,27-/m1/s1. The van der Waals surface area contributed by atoms with E-state index in [1.807, 2.05) is 24.3 Å². The van der Waals surface area contributed by atoms with Crippen molar-refractivity contribution >= 4 is 22.6 Å². The molecule has 0 fully saturated rings. The van der Waals surface area contributed by atoms with Crippen LogP contribution in [0.15, 0.2) is 53.4 Å². The number of methoxy groups -OCH3 is 1. The van der Waals surface area contributed by atoms with E-state index < -0.39 is 22.1 Å². The molecule has 3 rings (SSSR count). The van der Waals surface area contributed by atoms with Gasteiger partial charge in [-0.05, 0) is 43.5 Å². The van der Waals surface area contributed by atoms with Crippen LogP contribution in [-0.2, 0) is 9.53 Å². The second kappa shape index (κ2) is 11.4. The molecule has 0 aliphatic carbocycles. The summed E-state index contributed by atoms with van der Waals surface area (Å²) in [7, 11) is -1.56. The van der Waals surface area contributed by atoms with Crippen molar-refractivity contribution in [1.29, 1.82) is 0 Å². The second-order valence-corrected chi connectivity index (χ2v) is 10.8. The zero-order valence-corrected chi connectivity index (χ0v) is 21.4. The molecule has 6 nitrogen and oxygen atoms in total. The van der Waals surface area contributed by atoms with Gasteiger partial charge in [-0.2, -0.15) is 10.6 Å². The summed E-state index contributed by atoms with van der Waals surface area (Å²) in [5.74, 6) is 0.328. The highest BCUT2D eigenvalue weighted by Crippen LogP contribution is 2.58. The van der Waals surface area contributed by atoms with Gasteiger partial charge >= 0.3 is 5.97 Å². The summed E-state index contributed by atoms with van der Waals surface area (Å²) in [6.45, 7) is 6.28. The SMILES string of the molecule is CCCC[C@]1(CC)CS(O)(O)c2cc(C=CC(=O)OCC)c(OC)cc2[C@@H](c2ccccc2)N1. The van der Waals surface area contributed by atoms with Crippen molar-refractivity contribution in [2.75, 3.05) is 19.5 Å². The van der Waals surface area contributed by atoms with Crippen molar-refractivity contribution in [1.82, 2.24) is 5.32 Å². The van der Waals surface area contributed by atoms with E-state index in [2.05, 4.69) is 31.3 Å². The van der Waals surface area contributed by atoms with Crippen molar-refractivity contribution in [3.05, 3.63) is 65.2 Å². The van der Waals surface area contributed by atoms with E-state index in [4.69, 9.17) is 9.47 Å². The molecule has 0 saturated carbocycles. The van der Waals surface area contributed by atoms with Gasteiger partial charge in [0.15, 0.2) is 0 Å². The number of nitrogens with one attached hydrogen (secondary N) is 1. The highest BCUT2D eigenvalue weighted by Gasteiger charge is 2.42. The number of ether oxygens (including phenoxy) is 2. The van der Waals surface area contributed by atoms with E-state index in [0.29, 0.717) is 16.2 Å². The van der Waals surface area contributed by atoms with Crippen LogP contribution in [0.25, 0.3) is 6.08 Å². The molecule has 2 aromatic rings. The van der Waals surface area contributed by atoms with Gasteiger partial charge in [-0.1, -0.05) is 57.0 Å². The predicted molar refractivity (Wildman–Crippen MR) is 139 cm³/mol. The van der Waals surface area contributed by atoms with Gasteiger partial charge < -0.3 is 9.47 Å². The molecule has 0 radical (unpaired) electrons. The normalized spacial score (nSPS) is 22.6. The van der Waals surface area contributed by atoms with E-state index in [9.17, 15) is 13.9 Å². The molecule has 7 heteroatoms. The highest BCUT2D eigenvalue weighted by atomic mass is 32.3. The summed E-state index contributed by atoms with van der Waals surface area (Å²) in [5, 5.41) is 3.83. The molecule has 1 aliphatic heterocycles. The monoisotopic (exact) mass is 487 g/mol. The highest BCUT2D eigenvalue weighted by molar-refractivity contribution is 8.24. The Balaban J connectivity index is 2.20. The molecule has 0 aromatic heterocycles. The van der Waals surface area contributed by atoms with Gasteiger partial charge in [0.05, 0.1) is 30.4 Å². The lowest BCUT2D eigenvalue weighted by molar-refractivity contribution is -0.137. The van der Waals surface area contributed by atoms with Crippen LogP contribution in [-0.4, -0.2) is 40.1 Å². The topological polar surface area (TPSA) is 88.0 Å². The Labute approximate surface area is 204 Å². The lowest BCUT2D eigenvalue weighted by atomic mass is 9.88. The third-order valence-electron chi connectivity index (χ3n) is 6.46. The number of unbranched alkanes of at least 4 members (excludes halogenated alkanes) is 1. The molecule has 0 bridgehead atoms. The molecule has 0 saturated heterocycles. The van der Waals surface area contributed by atoms with E-state index in [1.165, 1.54) is 6.08 Å². The average Bonchev–Trinajstić information content (AvgIpc) is 2.93. The lowest BCUT2D eigenvalue weighted by Crippen LogP contribution is -2.49. The Morgan fingerprint density at radius 1 is 1.21 bits per heavy atom. The summed E-state index contributed by atoms with van der Waals surface area (Å²) in [5.41, 5.74) is 2.00. The molecular weight excluding hydrogens is 450 g/mol. The van der Waals surface area contributed by atoms with E-state index in [0.717, 1.165) is 36.8 Å². The Morgan fingerprint density at radius 2 is 1.94 bits per heavy atom. The van der Waals surface area contributed by atoms with Crippen molar-refractivity contribution in [3.8, 4) is 5.75 Å². The van der Waals surface area contributed by atoms with Crippen LogP contribution < -0.4 is 10.1 Å². The quantitative estimate of drug-likeness (QED) is 0.280. The number of esters is 1. The van der Waals surface area contributed by atoms with E-state index in [1.54, 1.807) is 26.2 Å². The minimum absolute atomic E-state index is 0.236. The fourth-order valence-electron chi connectivity index (χ4n) is 4.59. The smallest absolute Gasteiger partial charge is 0.330 e. The maximum absolute atomic E-state index is 11.9. The Bertz CT molecular complexity index is 1010. The maximum atomic E-state index is 11.9. The minimum atomic E-state index is -3.13. The number of benzene rings is 2. The van der Waals surface area contributed by atoms with Gasteiger partial charge in [0.1, 0.15) is 5.75 Å². The number of hydrogen-bond acceptors (Lipinski definition) is 6. The molecule has 2 aromatic carbocycles. The zero-order chi connectivity index (χ0) is 24.8. The minimum Gasteiger partial charge on any atom is -0.496 e. The van der Waals surface area contributed by atoms with Crippen LogP contribution in [0.1, 0.15) is 69.2 Å². The Morgan fingerprint density at radius 3 is 2.56 bits per heavy atom. The van der Waals surface area contributed by atoms with Crippen LogP contribution in [0.4, 0.5) is 0 Å². The first-order valence-corrected chi connectivity index (χ1v) is 13.7. The van der Waals surface area contributed by atoms with Gasteiger partial charge in [-0.25, -0.2) is 4.79 Å². The van der Waals surface area contributed by atoms with Crippen LogP contribution >= 0.6 is 10.6 Å². The summed E-state index contributed by atoms with van der Waals surface area (Å²) in [6.07, 6.45) is 6.58. The summed E-state index contributed by atoms with van der Waals surface area (Å²) >= 11 is 0. The average molecular weight is 488 g/mol. The maximum Gasteiger partial charge on any atom is 0.330 e. The van der Waals surface area contributed by atoms with Crippen LogP contribution in [0.2, 0.25) is 0 Å². The first-order chi connectivity index (χ1) is 16.3. The molecule has 0 spiro atoms. The van der Waals surface area contributed by atoms with Crippen molar-refractivity contribution in [2.45, 2.75) is 62.9 Å². The predicted octanol–water partition coefficient (Wildman–Crippen LogP) is 6.41. The summed E-state index contributed by atoms with van der Waals surface area (Å²) < 4.78 is 33.7. The molecular formula is C27H37NO5S. The fraction of sp³-hybridized carbons (Fsp3) is 0.444. The number of carbonyl (C=O) groups excluding carboxylic acids is 1. The molecule has 0 amide bonds. The van der Waals surface area contributed by atoms with Crippen molar-refractivity contribution < 1.29 is 23.4 Å². The van der Waals surface area contributed by atoms with Gasteiger partial charge in [-0.3, -0.25) is 14.4 Å². The molecule has 2 atom stereocenters. The van der Waals surface area contributed by atoms with Crippen LogP contribution in [0.5, 0.6) is 5.75 Å². The number of fused-ring (bicyclic) bond motifs is 1. The van der Waals surface area contributed by atoms with Gasteiger partial charge in [0.2, 0.25) is 0 Å². The molecule has 186 valence electrons. The number of rotatable bonds is 9. The Kier molecular flexibility index (Phi) is 8.82. The van der Waals surface area contributed by atoms with Gasteiger partial charge in [0.25, 0.3) is 0 Å². The fourth-order valence-corrected chi connectivity index (χ4v) is 6.82. The zero-order valence-electron chi connectivity index (χ0n) is 20.5. The molecule has 1 heterocycles. The number of hydrogen-bond donors (Lipinski definition) is 3. The second-order valence-electron chi connectivity index (χ2n) is 8.75. The first-order valence-electron chi connectivity index (χ1n) is 11.9. The summed E-state index contributed by atoms with van der Waals surface area (Å²) in [4.78, 5) is 12.4. The molecule has 0 unspecified atom stereocenters. The van der Waals surface area contributed by atoms with Crippen molar-refractivity contribution in [3.63, 3.8) is 0 Å². The third kappa shape index (κ3) is 5.84. The molecule has 3 N–H and O–H groups in total. The van der Waals surface area contributed by atoms with Crippen LogP contribution in [0, 0.1) is 0 Å². The van der Waals surface area contributed by atoms with Crippen molar-refractivity contribution in [2.24, 2.45) is 0 Å². The van der Waals surface area contributed by atoms with E-state index in [-0.39, 0.29) is 18.4 Å². The lowest BCUT2D eigenvalue weighted by Gasteiger charge is -2.42.